The highest BCUT2D eigenvalue weighted by Gasteiger charge is 2.17. The van der Waals surface area contributed by atoms with E-state index in [2.05, 4.69) is 38.9 Å². The van der Waals surface area contributed by atoms with Crippen molar-refractivity contribution in [3.05, 3.63) is 18.0 Å². The lowest BCUT2D eigenvalue weighted by atomic mass is 10.1. The van der Waals surface area contributed by atoms with Gasteiger partial charge in [-0.25, -0.2) is 0 Å². The highest BCUT2D eigenvalue weighted by Crippen LogP contribution is 2.14. The molecule has 3 heteroatoms. The molecule has 0 fully saturated rings. The molecule has 0 spiro atoms. The predicted molar refractivity (Wildman–Crippen MR) is 57.4 cm³/mol. The van der Waals surface area contributed by atoms with Crippen LogP contribution in [0, 0.1) is 0 Å². The zero-order chi connectivity index (χ0) is 10.8. The molecule has 0 N–H and O–H groups in total. The summed E-state index contributed by atoms with van der Waals surface area (Å²) in [6, 6.07) is 2.07. The molecule has 1 heterocycles. The van der Waals surface area contributed by atoms with Gasteiger partial charge >= 0.3 is 0 Å². The molecular formula is C11H20N2O. The summed E-state index contributed by atoms with van der Waals surface area (Å²) in [5.74, 6) is 0.488. The van der Waals surface area contributed by atoms with Crippen molar-refractivity contribution in [1.82, 2.24) is 9.78 Å². The van der Waals surface area contributed by atoms with E-state index < -0.39 is 0 Å². The monoisotopic (exact) mass is 196 g/mol. The van der Waals surface area contributed by atoms with Gasteiger partial charge in [-0.2, -0.15) is 5.10 Å². The van der Waals surface area contributed by atoms with Gasteiger partial charge in [-0.1, -0.05) is 13.8 Å². The molecule has 0 saturated carbocycles. The van der Waals surface area contributed by atoms with Gasteiger partial charge in [0.2, 0.25) is 0 Å². The minimum absolute atomic E-state index is 0.153. The maximum atomic E-state index is 5.35. The second-order valence-electron chi connectivity index (χ2n) is 4.56. The average Bonchev–Trinajstić information content (AvgIpc) is 2.52. The van der Waals surface area contributed by atoms with Crippen LogP contribution in [-0.4, -0.2) is 22.5 Å². The molecule has 1 aromatic heterocycles. The molecular weight excluding hydrogens is 176 g/mol. The predicted octanol–water partition coefficient (Wildman–Crippen LogP) is 2.43. The third-order valence-electron chi connectivity index (χ3n) is 2.35. The Bertz CT molecular complexity index is 289. The Morgan fingerprint density at radius 1 is 1.50 bits per heavy atom. The van der Waals surface area contributed by atoms with E-state index in [4.69, 9.17) is 4.74 Å². The minimum Gasteiger partial charge on any atom is -0.377 e. The van der Waals surface area contributed by atoms with Crippen LogP contribution in [0.25, 0.3) is 0 Å². The first-order valence-corrected chi connectivity index (χ1v) is 5.03. The number of nitrogens with zero attached hydrogens (tertiary/aromatic N) is 2. The summed E-state index contributed by atoms with van der Waals surface area (Å²) in [7, 11) is 1.73. The highest BCUT2D eigenvalue weighted by molar-refractivity contribution is 5.03. The zero-order valence-corrected chi connectivity index (χ0v) is 9.74. The van der Waals surface area contributed by atoms with Crippen molar-refractivity contribution in [3.8, 4) is 0 Å². The van der Waals surface area contributed by atoms with Crippen LogP contribution in [0.4, 0.5) is 0 Å². The summed E-state index contributed by atoms with van der Waals surface area (Å²) < 4.78 is 7.29. The van der Waals surface area contributed by atoms with Gasteiger partial charge < -0.3 is 4.74 Å². The molecule has 80 valence electrons. The maximum Gasteiger partial charge on any atom is 0.0817 e. The van der Waals surface area contributed by atoms with Gasteiger partial charge in [0.05, 0.1) is 17.8 Å². The quantitative estimate of drug-likeness (QED) is 0.739. The fourth-order valence-corrected chi connectivity index (χ4v) is 1.23. The van der Waals surface area contributed by atoms with E-state index in [0.29, 0.717) is 5.92 Å². The van der Waals surface area contributed by atoms with E-state index in [-0.39, 0.29) is 5.60 Å². The Labute approximate surface area is 86.1 Å². The van der Waals surface area contributed by atoms with Crippen LogP contribution in [0.15, 0.2) is 12.3 Å². The van der Waals surface area contributed by atoms with E-state index in [0.717, 1.165) is 12.2 Å². The number of hydrogen-bond acceptors (Lipinski definition) is 2. The van der Waals surface area contributed by atoms with E-state index in [1.54, 1.807) is 7.11 Å². The fraction of sp³-hybridized carbons (Fsp3) is 0.727. The van der Waals surface area contributed by atoms with Crippen molar-refractivity contribution in [2.24, 2.45) is 0 Å². The Morgan fingerprint density at radius 3 is 2.57 bits per heavy atom. The normalized spacial score (nSPS) is 12.4. The summed E-state index contributed by atoms with van der Waals surface area (Å²) in [4.78, 5) is 0. The molecule has 0 radical (unpaired) electrons. The first-order chi connectivity index (χ1) is 6.44. The van der Waals surface area contributed by atoms with Crippen LogP contribution in [0.1, 0.15) is 39.3 Å². The molecule has 14 heavy (non-hydrogen) atoms. The van der Waals surface area contributed by atoms with Gasteiger partial charge in [0.15, 0.2) is 0 Å². The van der Waals surface area contributed by atoms with Crippen molar-refractivity contribution < 1.29 is 4.74 Å². The minimum atomic E-state index is -0.153. The van der Waals surface area contributed by atoms with E-state index in [9.17, 15) is 0 Å². The smallest absolute Gasteiger partial charge is 0.0817 e. The van der Waals surface area contributed by atoms with Crippen molar-refractivity contribution in [3.63, 3.8) is 0 Å². The fourth-order valence-electron chi connectivity index (χ4n) is 1.23. The number of methoxy groups -OCH3 is 1. The van der Waals surface area contributed by atoms with Crippen molar-refractivity contribution >= 4 is 0 Å². The van der Waals surface area contributed by atoms with Gasteiger partial charge in [-0.15, -0.1) is 0 Å². The highest BCUT2D eigenvalue weighted by atomic mass is 16.5. The molecule has 0 aliphatic rings. The molecule has 1 rings (SSSR count). The zero-order valence-electron chi connectivity index (χ0n) is 9.74. The van der Waals surface area contributed by atoms with Gasteiger partial charge in [0, 0.05) is 13.3 Å². The second kappa shape index (κ2) is 4.13. The molecule has 0 aliphatic carbocycles. The van der Waals surface area contributed by atoms with E-state index in [1.807, 2.05) is 10.9 Å². The molecule has 0 bridgehead atoms. The van der Waals surface area contributed by atoms with Gasteiger partial charge in [0.25, 0.3) is 0 Å². The summed E-state index contributed by atoms with van der Waals surface area (Å²) in [5, 5.41) is 4.48. The average molecular weight is 196 g/mol. The summed E-state index contributed by atoms with van der Waals surface area (Å²) >= 11 is 0. The Balaban J connectivity index is 2.69. The lowest BCUT2D eigenvalue weighted by Gasteiger charge is -2.22. The lowest BCUT2D eigenvalue weighted by Crippen LogP contribution is -2.29. The third-order valence-corrected chi connectivity index (χ3v) is 2.35. The maximum absolute atomic E-state index is 5.35. The standard InChI is InChI=1S/C11H20N2O/c1-9(2)10-6-7-13(12-10)8-11(3,4)14-5/h6-7,9H,8H2,1-5H3. The Morgan fingerprint density at radius 2 is 2.14 bits per heavy atom. The van der Waals surface area contributed by atoms with Crippen LogP contribution in [0.5, 0.6) is 0 Å². The third kappa shape index (κ3) is 2.84. The Kier molecular flexibility index (Phi) is 3.32. The van der Waals surface area contributed by atoms with E-state index >= 15 is 0 Å². The Hall–Kier alpha value is -0.830. The van der Waals surface area contributed by atoms with Crippen LogP contribution in [0.3, 0.4) is 0 Å². The number of aromatic nitrogens is 2. The SMILES string of the molecule is COC(C)(C)Cn1ccc(C(C)C)n1. The van der Waals surface area contributed by atoms with Gasteiger partial charge in [-0.05, 0) is 25.8 Å². The molecule has 0 amide bonds. The van der Waals surface area contributed by atoms with Crippen molar-refractivity contribution in [2.75, 3.05) is 7.11 Å². The molecule has 0 atom stereocenters. The molecule has 0 aliphatic heterocycles. The molecule has 3 nitrogen and oxygen atoms in total. The molecule has 0 unspecified atom stereocenters. The van der Waals surface area contributed by atoms with Crippen LogP contribution < -0.4 is 0 Å². The second-order valence-corrected chi connectivity index (χ2v) is 4.56. The number of hydrogen-bond donors (Lipinski definition) is 0. The summed E-state index contributed by atoms with van der Waals surface area (Å²) in [6.07, 6.45) is 2.01. The number of ether oxygens (including phenoxy) is 1. The van der Waals surface area contributed by atoms with E-state index in [1.165, 1.54) is 0 Å². The first-order valence-electron chi connectivity index (χ1n) is 5.03. The lowest BCUT2D eigenvalue weighted by molar-refractivity contribution is 0.00532. The van der Waals surface area contributed by atoms with Crippen LogP contribution >= 0.6 is 0 Å². The first kappa shape index (κ1) is 11.2. The summed E-state index contributed by atoms with van der Waals surface area (Å²) in [5.41, 5.74) is 0.984. The summed E-state index contributed by atoms with van der Waals surface area (Å²) in [6.45, 7) is 9.20. The van der Waals surface area contributed by atoms with Gasteiger partial charge in [-0.3, -0.25) is 4.68 Å². The molecule has 0 saturated heterocycles. The largest absolute Gasteiger partial charge is 0.377 e. The van der Waals surface area contributed by atoms with Crippen LogP contribution in [-0.2, 0) is 11.3 Å². The topological polar surface area (TPSA) is 27.1 Å². The molecule has 0 aromatic carbocycles. The van der Waals surface area contributed by atoms with Crippen molar-refractivity contribution in [1.29, 1.82) is 0 Å². The molecule has 1 aromatic rings. The van der Waals surface area contributed by atoms with Gasteiger partial charge in [0.1, 0.15) is 0 Å². The number of rotatable bonds is 4. The van der Waals surface area contributed by atoms with Crippen LogP contribution in [0.2, 0.25) is 0 Å². The van der Waals surface area contributed by atoms with Crippen molar-refractivity contribution in [2.45, 2.75) is 45.8 Å².